The summed E-state index contributed by atoms with van der Waals surface area (Å²) in [7, 11) is 0. The fourth-order valence-electron chi connectivity index (χ4n) is 0.904. The normalized spacial score (nSPS) is 24.3. The van der Waals surface area contributed by atoms with Crippen LogP contribution in [0, 0.1) is 5.92 Å². The van der Waals surface area contributed by atoms with E-state index in [0.29, 0.717) is 6.04 Å². The average molecular weight is 140 g/mol. The van der Waals surface area contributed by atoms with E-state index in [9.17, 15) is 4.79 Å². The molecule has 0 saturated carbocycles. The molecule has 0 amide bonds. The standard InChI is InChI=1S/C7H12N2O/c1-6(2)9-4-7(5-10)3-8-9/h3,5-7H,4H2,1-2H3/t7-/m0/s1. The fraction of sp³-hybridized carbons (Fsp3) is 0.714. The lowest BCUT2D eigenvalue weighted by Crippen LogP contribution is -2.25. The van der Waals surface area contributed by atoms with Crippen molar-refractivity contribution in [2.45, 2.75) is 19.9 Å². The predicted molar refractivity (Wildman–Crippen MR) is 39.9 cm³/mol. The van der Waals surface area contributed by atoms with Gasteiger partial charge in [0.2, 0.25) is 0 Å². The molecule has 1 rings (SSSR count). The average Bonchev–Trinajstić information content (AvgIpc) is 2.34. The van der Waals surface area contributed by atoms with Crippen LogP contribution in [0.1, 0.15) is 13.8 Å². The number of hydrazone groups is 1. The lowest BCUT2D eigenvalue weighted by Gasteiger charge is -2.18. The highest BCUT2D eigenvalue weighted by molar-refractivity contribution is 5.82. The summed E-state index contributed by atoms with van der Waals surface area (Å²) in [4.78, 5) is 10.3. The molecule has 1 heterocycles. The molecule has 0 fully saturated rings. The Morgan fingerprint density at radius 3 is 2.80 bits per heavy atom. The van der Waals surface area contributed by atoms with Crippen molar-refractivity contribution in [2.24, 2.45) is 11.0 Å². The van der Waals surface area contributed by atoms with Gasteiger partial charge in [-0.1, -0.05) is 0 Å². The Balaban J connectivity index is 2.45. The Bertz CT molecular complexity index is 154. The molecule has 1 atom stereocenters. The molecular formula is C7H12N2O. The molecule has 0 radical (unpaired) electrons. The quantitative estimate of drug-likeness (QED) is 0.523. The minimum absolute atomic E-state index is 0.0161. The number of nitrogens with zero attached hydrogens (tertiary/aromatic N) is 2. The van der Waals surface area contributed by atoms with Gasteiger partial charge in [-0.05, 0) is 13.8 Å². The second-order valence-corrected chi connectivity index (χ2v) is 2.78. The highest BCUT2D eigenvalue weighted by Gasteiger charge is 2.17. The summed E-state index contributed by atoms with van der Waals surface area (Å²) in [6.45, 7) is 4.87. The molecule has 0 aromatic rings. The van der Waals surface area contributed by atoms with Gasteiger partial charge in [-0.25, -0.2) is 0 Å². The maximum absolute atomic E-state index is 10.3. The molecule has 0 saturated heterocycles. The van der Waals surface area contributed by atoms with Gasteiger partial charge in [0.1, 0.15) is 6.29 Å². The van der Waals surface area contributed by atoms with Crippen LogP contribution in [0.2, 0.25) is 0 Å². The largest absolute Gasteiger partial charge is 0.303 e. The molecular weight excluding hydrogens is 128 g/mol. The van der Waals surface area contributed by atoms with Crippen molar-refractivity contribution in [1.29, 1.82) is 0 Å². The first kappa shape index (κ1) is 7.25. The number of rotatable bonds is 2. The zero-order chi connectivity index (χ0) is 7.56. The van der Waals surface area contributed by atoms with Gasteiger partial charge in [0.05, 0.1) is 12.5 Å². The molecule has 1 aliphatic rings. The van der Waals surface area contributed by atoms with Crippen molar-refractivity contribution in [2.75, 3.05) is 6.54 Å². The summed E-state index contributed by atoms with van der Waals surface area (Å²) >= 11 is 0. The third kappa shape index (κ3) is 1.35. The molecule has 0 N–H and O–H groups in total. The number of carbonyl (C=O) groups is 1. The summed E-state index contributed by atoms with van der Waals surface area (Å²) in [6, 6.07) is 0.404. The SMILES string of the molecule is CC(C)N1C[C@@H](C=O)C=N1. The molecule has 10 heavy (non-hydrogen) atoms. The Labute approximate surface area is 60.7 Å². The minimum atomic E-state index is 0.0161. The number of carbonyl (C=O) groups excluding carboxylic acids is 1. The van der Waals surface area contributed by atoms with E-state index in [1.54, 1.807) is 6.21 Å². The van der Waals surface area contributed by atoms with Crippen LogP contribution < -0.4 is 0 Å². The van der Waals surface area contributed by atoms with E-state index in [4.69, 9.17) is 0 Å². The smallest absolute Gasteiger partial charge is 0.130 e. The molecule has 0 aliphatic carbocycles. The van der Waals surface area contributed by atoms with E-state index in [0.717, 1.165) is 12.8 Å². The Morgan fingerprint density at radius 2 is 2.50 bits per heavy atom. The number of hydrogen-bond acceptors (Lipinski definition) is 3. The number of hydrogen-bond donors (Lipinski definition) is 0. The monoisotopic (exact) mass is 140 g/mol. The van der Waals surface area contributed by atoms with Gasteiger partial charge >= 0.3 is 0 Å². The van der Waals surface area contributed by atoms with Crippen molar-refractivity contribution in [3.63, 3.8) is 0 Å². The zero-order valence-electron chi connectivity index (χ0n) is 6.32. The molecule has 0 aromatic heterocycles. The van der Waals surface area contributed by atoms with Crippen LogP contribution >= 0.6 is 0 Å². The van der Waals surface area contributed by atoms with Crippen molar-refractivity contribution < 1.29 is 4.79 Å². The van der Waals surface area contributed by atoms with E-state index in [-0.39, 0.29) is 5.92 Å². The maximum atomic E-state index is 10.3. The van der Waals surface area contributed by atoms with Crippen LogP contribution in [0.3, 0.4) is 0 Å². The lowest BCUT2D eigenvalue weighted by atomic mass is 10.2. The first-order valence-corrected chi connectivity index (χ1v) is 3.50. The van der Waals surface area contributed by atoms with Crippen LogP contribution in [0.4, 0.5) is 0 Å². The van der Waals surface area contributed by atoms with Gasteiger partial charge in [-0.2, -0.15) is 5.10 Å². The van der Waals surface area contributed by atoms with Crippen molar-refractivity contribution in [1.82, 2.24) is 5.01 Å². The second-order valence-electron chi connectivity index (χ2n) is 2.78. The van der Waals surface area contributed by atoms with Crippen LogP contribution in [0.15, 0.2) is 5.10 Å². The maximum Gasteiger partial charge on any atom is 0.130 e. The van der Waals surface area contributed by atoms with E-state index >= 15 is 0 Å². The summed E-state index contributed by atoms with van der Waals surface area (Å²) in [5.41, 5.74) is 0. The van der Waals surface area contributed by atoms with Gasteiger partial charge in [0, 0.05) is 12.3 Å². The molecule has 1 aliphatic heterocycles. The zero-order valence-corrected chi connectivity index (χ0v) is 6.32. The summed E-state index contributed by atoms with van der Waals surface area (Å²) < 4.78 is 0. The Hall–Kier alpha value is -0.860. The Morgan fingerprint density at radius 1 is 1.80 bits per heavy atom. The van der Waals surface area contributed by atoms with Gasteiger partial charge in [0.15, 0.2) is 0 Å². The molecule has 56 valence electrons. The fourth-order valence-corrected chi connectivity index (χ4v) is 0.904. The van der Waals surface area contributed by atoms with E-state index in [1.807, 2.05) is 5.01 Å². The van der Waals surface area contributed by atoms with Crippen LogP contribution in [0.25, 0.3) is 0 Å². The van der Waals surface area contributed by atoms with Crippen molar-refractivity contribution in [3.05, 3.63) is 0 Å². The van der Waals surface area contributed by atoms with Gasteiger partial charge < -0.3 is 4.79 Å². The van der Waals surface area contributed by atoms with Gasteiger partial charge in [-0.15, -0.1) is 0 Å². The number of aldehydes is 1. The highest BCUT2D eigenvalue weighted by Crippen LogP contribution is 2.08. The topological polar surface area (TPSA) is 32.7 Å². The third-order valence-corrected chi connectivity index (χ3v) is 1.58. The summed E-state index contributed by atoms with van der Waals surface area (Å²) in [6.07, 6.45) is 2.64. The minimum Gasteiger partial charge on any atom is -0.303 e. The highest BCUT2D eigenvalue weighted by atomic mass is 16.1. The van der Waals surface area contributed by atoms with Crippen molar-refractivity contribution in [3.8, 4) is 0 Å². The van der Waals surface area contributed by atoms with Gasteiger partial charge in [0.25, 0.3) is 0 Å². The first-order chi connectivity index (χ1) is 4.74. The molecule has 0 aromatic carbocycles. The third-order valence-electron chi connectivity index (χ3n) is 1.58. The van der Waals surface area contributed by atoms with E-state index in [2.05, 4.69) is 18.9 Å². The van der Waals surface area contributed by atoms with Crippen molar-refractivity contribution >= 4 is 12.5 Å². The van der Waals surface area contributed by atoms with E-state index in [1.165, 1.54) is 0 Å². The van der Waals surface area contributed by atoms with Gasteiger partial charge in [-0.3, -0.25) is 5.01 Å². The summed E-state index contributed by atoms with van der Waals surface area (Å²) in [5, 5.41) is 5.98. The molecule has 0 unspecified atom stereocenters. The lowest BCUT2D eigenvalue weighted by molar-refractivity contribution is -0.109. The molecule has 3 heteroatoms. The summed E-state index contributed by atoms with van der Waals surface area (Å²) in [5.74, 6) is 0.0161. The van der Waals surface area contributed by atoms with Crippen LogP contribution in [0.5, 0.6) is 0 Å². The first-order valence-electron chi connectivity index (χ1n) is 3.50. The van der Waals surface area contributed by atoms with Crippen LogP contribution in [-0.2, 0) is 4.79 Å². The predicted octanol–water partition coefficient (Wildman–Crippen LogP) is 0.511. The molecule has 0 bridgehead atoms. The molecule has 3 nitrogen and oxygen atoms in total. The van der Waals surface area contributed by atoms with Crippen LogP contribution in [-0.4, -0.2) is 30.1 Å². The second kappa shape index (κ2) is 2.82. The molecule has 0 spiro atoms. The van der Waals surface area contributed by atoms with E-state index < -0.39 is 0 Å². The Kier molecular flexibility index (Phi) is 2.04.